The highest BCUT2D eigenvalue weighted by Crippen LogP contribution is 2.37. The van der Waals surface area contributed by atoms with Crippen molar-refractivity contribution >= 4 is 16.8 Å². The largest absolute Gasteiger partial charge is 0.379 e. The summed E-state index contributed by atoms with van der Waals surface area (Å²) in [7, 11) is 1.73. The number of nitrogens with zero attached hydrogens (tertiary/aromatic N) is 2. The number of carbonyl (C=O) groups excluding carboxylic acids is 1. The molecule has 0 N–H and O–H groups in total. The Bertz CT molecular complexity index is 753. The molecule has 2 fully saturated rings. The third-order valence-corrected chi connectivity index (χ3v) is 5.29. The molecule has 5 nitrogen and oxygen atoms in total. The molecule has 1 aromatic carbocycles. The van der Waals surface area contributed by atoms with Gasteiger partial charge in [-0.3, -0.25) is 4.79 Å². The van der Waals surface area contributed by atoms with E-state index in [1.54, 1.807) is 7.11 Å². The Balaban J connectivity index is 1.46. The molecule has 2 aromatic rings. The minimum atomic E-state index is -0.103. The van der Waals surface area contributed by atoms with E-state index >= 15 is 0 Å². The van der Waals surface area contributed by atoms with Crippen molar-refractivity contribution in [3.05, 3.63) is 42.1 Å². The quantitative estimate of drug-likeness (QED) is 0.851. The van der Waals surface area contributed by atoms with E-state index in [1.807, 2.05) is 41.3 Å². The van der Waals surface area contributed by atoms with E-state index in [2.05, 4.69) is 4.98 Å². The highest BCUT2D eigenvalue weighted by molar-refractivity contribution is 5.95. The van der Waals surface area contributed by atoms with Crippen LogP contribution in [0.15, 0.2) is 36.4 Å². The highest BCUT2D eigenvalue weighted by Gasteiger charge is 2.43. The lowest BCUT2D eigenvalue weighted by Gasteiger charge is -2.38. The molecule has 1 amide bonds. The van der Waals surface area contributed by atoms with Crippen molar-refractivity contribution in [2.45, 2.75) is 31.0 Å². The predicted octanol–water partition coefficient (Wildman–Crippen LogP) is 2.64. The topological polar surface area (TPSA) is 51.7 Å². The van der Waals surface area contributed by atoms with Gasteiger partial charge in [-0.2, -0.15) is 0 Å². The van der Waals surface area contributed by atoms with Gasteiger partial charge in [-0.25, -0.2) is 4.98 Å². The molecular weight excluding hydrogens is 304 g/mol. The van der Waals surface area contributed by atoms with Crippen LogP contribution in [0.3, 0.4) is 0 Å². The first-order chi connectivity index (χ1) is 11.7. The van der Waals surface area contributed by atoms with Crippen molar-refractivity contribution in [1.29, 1.82) is 0 Å². The number of amides is 1. The van der Waals surface area contributed by atoms with Crippen molar-refractivity contribution in [1.82, 2.24) is 9.88 Å². The van der Waals surface area contributed by atoms with Crippen molar-refractivity contribution < 1.29 is 14.3 Å². The molecule has 0 radical (unpaired) electrons. The molecule has 2 saturated heterocycles. The van der Waals surface area contributed by atoms with Gasteiger partial charge in [-0.1, -0.05) is 24.3 Å². The van der Waals surface area contributed by atoms with E-state index in [0.29, 0.717) is 25.4 Å². The molecule has 1 unspecified atom stereocenters. The van der Waals surface area contributed by atoms with Gasteiger partial charge in [0, 0.05) is 32.0 Å². The number of benzene rings is 1. The molecule has 2 aliphatic heterocycles. The number of pyridine rings is 1. The van der Waals surface area contributed by atoms with Crippen LogP contribution < -0.4 is 0 Å². The molecule has 2 aliphatic rings. The number of aromatic nitrogens is 1. The fourth-order valence-corrected chi connectivity index (χ4v) is 3.77. The van der Waals surface area contributed by atoms with E-state index in [-0.39, 0.29) is 17.6 Å². The maximum atomic E-state index is 12.8. The van der Waals surface area contributed by atoms with E-state index < -0.39 is 0 Å². The molecule has 24 heavy (non-hydrogen) atoms. The minimum absolute atomic E-state index is 0.0110. The van der Waals surface area contributed by atoms with Gasteiger partial charge in [-0.15, -0.1) is 0 Å². The van der Waals surface area contributed by atoms with Crippen LogP contribution in [0, 0.1) is 0 Å². The Morgan fingerprint density at radius 2 is 2.04 bits per heavy atom. The maximum absolute atomic E-state index is 12.8. The summed E-state index contributed by atoms with van der Waals surface area (Å²) in [6, 6.07) is 11.6. The van der Waals surface area contributed by atoms with Gasteiger partial charge in [0.05, 0.1) is 23.8 Å². The van der Waals surface area contributed by atoms with E-state index in [0.717, 1.165) is 30.2 Å². The average Bonchev–Trinajstić information content (AvgIpc) is 3.04. The van der Waals surface area contributed by atoms with Crippen LogP contribution in [0.4, 0.5) is 0 Å². The molecule has 4 rings (SSSR count). The van der Waals surface area contributed by atoms with Crippen LogP contribution in [0.5, 0.6) is 0 Å². The summed E-state index contributed by atoms with van der Waals surface area (Å²) in [6.45, 7) is 2.09. The first-order valence-corrected chi connectivity index (χ1v) is 8.51. The molecule has 126 valence electrons. The number of hydrogen-bond acceptors (Lipinski definition) is 4. The Kier molecular flexibility index (Phi) is 3.98. The standard InChI is InChI=1S/C19H22N2O3/c1-23-15-12-19(24-13-15)8-10-21(11-9-19)18(22)17-7-6-14-4-2-3-5-16(14)20-17/h2-7,15H,8-13H2,1H3. The normalized spacial score (nSPS) is 23.0. The summed E-state index contributed by atoms with van der Waals surface area (Å²) < 4.78 is 11.4. The first-order valence-electron chi connectivity index (χ1n) is 8.51. The van der Waals surface area contributed by atoms with Crippen LogP contribution in [-0.4, -0.2) is 54.3 Å². The lowest BCUT2D eigenvalue weighted by molar-refractivity contribution is -0.0403. The second-order valence-corrected chi connectivity index (χ2v) is 6.74. The summed E-state index contributed by atoms with van der Waals surface area (Å²) in [5.74, 6) is 0.0110. The average molecular weight is 326 g/mol. The Morgan fingerprint density at radius 3 is 2.79 bits per heavy atom. The van der Waals surface area contributed by atoms with Crippen LogP contribution in [0.25, 0.3) is 10.9 Å². The maximum Gasteiger partial charge on any atom is 0.272 e. The third-order valence-electron chi connectivity index (χ3n) is 5.29. The molecule has 5 heteroatoms. The van der Waals surface area contributed by atoms with Crippen molar-refractivity contribution in [3.8, 4) is 0 Å². The van der Waals surface area contributed by atoms with Gasteiger partial charge in [0.1, 0.15) is 5.69 Å². The SMILES string of the molecule is COC1COC2(CCN(C(=O)c3ccc4ccccc4n3)CC2)C1. The molecule has 1 aromatic heterocycles. The zero-order chi connectivity index (χ0) is 16.6. The highest BCUT2D eigenvalue weighted by atomic mass is 16.6. The minimum Gasteiger partial charge on any atom is -0.379 e. The summed E-state index contributed by atoms with van der Waals surface area (Å²) >= 11 is 0. The van der Waals surface area contributed by atoms with Gasteiger partial charge in [0.25, 0.3) is 5.91 Å². The third kappa shape index (κ3) is 2.78. The number of likely N-dealkylation sites (tertiary alicyclic amines) is 1. The summed E-state index contributed by atoms with van der Waals surface area (Å²) in [5.41, 5.74) is 1.28. The zero-order valence-electron chi connectivity index (χ0n) is 13.9. The number of ether oxygens (including phenoxy) is 2. The molecule has 0 saturated carbocycles. The number of rotatable bonds is 2. The van der Waals surface area contributed by atoms with Crippen molar-refractivity contribution in [2.75, 3.05) is 26.8 Å². The second-order valence-electron chi connectivity index (χ2n) is 6.74. The number of fused-ring (bicyclic) bond motifs is 1. The lowest BCUT2D eigenvalue weighted by Crippen LogP contribution is -2.46. The predicted molar refractivity (Wildman–Crippen MR) is 91.0 cm³/mol. The monoisotopic (exact) mass is 326 g/mol. The number of hydrogen-bond donors (Lipinski definition) is 0. The summed E-state index contributed by atoms with van der Waals surface area (Å²) in [4.78, 5) is 19.2. The van der Waals surface area contributed by atoms with Crippen LogP contribution in [0.2, 0.25) is 0 Å². The molecule has 1 spiro atoms. The Hall–Kier alpha value is -1.98. The number of carbonyl (C=O) groups is 1. The van der Waals surface area contributed by atoms with Gasteiger partial charge in [0.15, 0.2) is 0 Å². The van der Waals surface area contributed by atoms with Gasteiger partial charge in [0.2, 0.25) is 0 Å². The smallest absolute Gasteiger partial charge is 0.272 e. The molecule has 0 bridgehead atoms. The summed E-state index contributed by atoms with van der Waals surface area (Å²) in [6.07, 6.45) is 2.85. The molecule has 3 heterocycles. The number of para-hydroxylation sites is 1. The fraction of sp³-hybridized carbons (Fsp3) is 0.474. The molecule has 0 aliphatic carbocycles. The lowest BCUT2D eigenvalue weighted by atomic mass is 9.88. The van der Waals surface area contributed by atoms with Crippen LogP contribution >= 0.6 is 0 Å². The van der Waals surface area contributed by atoms with E-state index in [4.69, 9.17) is 9.47 Å². The number of methoxy groups -OCH3 is 1. The second kappa shape index (κ2) is 6.15. The van der Waals surface area contributed by atoms with E-state index in [1.165, 1.54) is 0 Å². The van der Waals surface area contributed by atoms with Crippen LogP contribution in [0.1, 0.15) is 29.8 Å². The summed E-state index contributed by atoms with van der Waals surface area (Å²) in [5, 5.41) is 1.05. The van der Waals surface area contributed by atoms with Gasteiger partial charge >= 0.3 is 0 Å². The molecular formula is C19H22N2O3. The Morgan fingerprint density at radius 1 is 1.25 bits per heavy atom. The van der Waals surface area contributed by atoms with Crippen molar-refractivity contribution in [2.24, 2.45) is 0 Å². The first kappa shape index (κ1) is 15.5. The Labute approximate surface area is 141 Å². The fourth-order valence-electron chi connectivity index (χ4n) is 3.77. The van der Waals surface area contributed by atoms with E-state index in [9.17, 15) is 4.79 Å². The van der Waals surface area contributed by atoms with Crippen LogP contribution in [-0.2, 0) is 9.47 Å². The zero-order valence-corrected chi connectivity index (χ0v) is 13.9. The van der Waals surface area contributed by atoms with Crippen molar-refractivity contribution in [3.63, 3.8) is 0 Å². The molecule has 1 atom stereocenters. The van der Waals surface area contributed by atoms with Gasteiger partial charge < -0.3 is 14.4 Å². The van der Waals surface area contributed by atoms with Gasteiger partial charge in [-0.05, 0) is 25.0 Å². The number of piperidine rings is 1.